The SMILES string of the molecule is Cc1cc(C(C)(O)CNC(C)c2cccc(F)c2)c(C)o1. The fraction of sp³-hybridized carbons (Fsp3) is 0.412. The van der Waals surface area contributed by atoms with Crippen molar-refractivity contribution in [1.29, 1.82) is 0 Å². The van der Waals surface area contributed by atoms with Crippen molar-refractivity contribution >= 4 is 0 Å². The van der Waals surface area contributed by atoms with Gasteiger partial charge in [-0.2, -0.15) is 0 Å². The van der Waals surface area contributed by atoms with Gasteiger partial charge >= 0.3 is 0 Å². The molecule has 1 heterocycles. The van der Waals surface area contributed by atoms with Crippen molar-refractivity contribution in [3.05, 3.63) is 58.8 Å². The average molecular weight is 291 g/mol. The van der Waals surface area contributed by atoms with Crippen LogP contribution in [-0.4, -0.2) is 11.7 Å². The first kappa shape index (κ1) is 15.7. The van der Waals surface area contributed by atoms with E-state index in [1.54, 1.807) is 13.0 Å². The molecule has 2 aromatic rings. The summed E-state index contributed by atoms with van der Waals surface area (Å²) >= 11 is 0. The van der Waals surface area contributed by atoms with Crippen LogP contribution >= 0.6 is 0 Å². The van der Waals surface area contributed by atoms with Gasteiger partial charge in [0.2, 0.25) is 0 Å². The lowest BCUT2D eigenvalue weighted by Crippen LogP contribution is -2.36. The maximum Gasteiger partial charge on any atom is 0.123 e. The number of hydrogen-bond acceptors (Lipinski definition) is 3. The lowest BCUT2D eigenvalue weighted by Gasteiger charge is -2.26. The first-order valence-electron chi connectivity index (χ1n) is 7.08. The second kappa shape index (κ2) is 6.00. The number of furan rings is 1. The molecule has 0 aliphatic carbocycles. The molecule has 0 amide bonds. The van der Waals surface area contributed by atoms with E-state index in [0.717, 1.165) is 22.6 Å². The molecule has 1 aromatic heterocycles. The minimum atomic E-state index is -1.04. The Hall–Kier alpha value is -1.65. The van der Waals surface area contributed by atoms with Gasteiger partial charge in [-0.1, -0.05) is 12.1 Å². The van der Waals surface area contributed by atoms with E-state index in [4.69, 9.17) is 4.42 Å². The van der Waals surface area contributed by atoms with Gasteiger partial charge in [0.1, 0.15) is 22.9 Å². The van der Waals surface area contributed by atoms with Crippen molar-refractivity contribution in [1.82, 2.24) is 5.32 Å². The molecule has 2 atom stereocenters. The minimum Gasteiger partial charge on any atom is -0.466 e. The van der Waals surface area contributed by atoms with Gasteiger partial charge in [0, 0.05) is 18.2 Å². The summed E-state index contributed by atoms with van der Waals surface area (Å²) in [6.45, 7) is 7.74. The van der Waals surface area contributed by atoms with E-state index in [9.17, 15) is 9.50 Å². The van der Waals surface area contributed by atoms with Gasteiger partial charge in [0.15, 0.2) is 0 Å². The van der Waals surface area contributed by atoms with Crippen LogP contribution in [0, 0.1) is 19.7 Å². The smallest absolute Gasteiger partial charge is 0.123 e. The van der Waals surface area contributed by atoms with E-state index < -0.39 is 5.60 Å². The number of benzene rings is 1. The van der Waals surface area contributed by atoms with E-state index in [2.05, 4.69) is 5.32 Å². The summed E-state index contributed by atoms with van der Waals surface area (Å²) in [5, 5.41) is 13.9. The lowest BCUT2D eigenvalue weighted by molar-refractivity contribution is 0.0529. The highest BCUT2D eigenvalue weighted by Gasteiger charge is 2.28. The molecule has 1 aromatic carbocycles. The van der Waals surface area contributed by atoms with Crippen LogP contribution in [0.15, 0.2) is 34.7 Å². The molecule has 0 saturated heterocycles. The molecule has 2 rings (SSSR count). The van der Waals surface area contributed by atoms with Crippen molar-refractivity contribution in [3.63, 3.8) is 0 Å². The van der Waals surface area contributed by atoms with Gasteiger partial charge in [0.05, 0.1) is 0 Å². The molecular weight excluding hydrogens is 269 g/mol. The summed E-state index contributed by atoms with van der Waals surface area (Å²) in [6.07, 6.45) is 0. The maximum atomic E-state index is 13.2. The second-order valence-electron chi connectivity index (χ2n) is 5.76. The van der Waals surface area contributed by atoms with Crippen LogP contribution in [0.2, 0.25) is 0 Å². The summed E-state index contributed by atoms with van der Waals surface area (Å²) in [4.78, 5) is 0. The molecule has 21 heavy (non-hydrogen) atoms. The van der Waals surface area contributed by atoms with Gasteiger partial charge in [-0.25, -0.2) is 4.39 Å². The first-order chi connectivity index (χ1) is 9.79. The predicted octanol–water partition coefficient (Wildman–Crippen LogP) is 3.59. The topological polar surface area (TPSA) is 45.4 Å². The highest BCUT2D eigenvalue weighted by molar-refractivity contribution is 5.27. The van der Waals surface area contributed by atoms with Gasteiger partial charge in [0.25, 0.3) is 0 Å². The van der Waals surface area contributed by atoms with Gasteiger partial charge in [-0.3, -0.25) is 0 Å². The lowest BCUT2D eigenvalue weighted by atomic mass is 9.95. The van der Waals surface area contributed by atoms with Crippen LogP contribution in [0.25, 0.3) is 0 Å². The van der Waals surface area contributed by atoms with Gasteiger partial charge in [-0.05, 0) is 51.5 Å². The number of nitrogens with one attached hydrogen (secondary N) is 1. The number of halogens is 1. The molecule has 2 unspecified atom stereocenters. The summed E-state index contributed by atoms with van der Waals surface area (Å²) < 4.78 is 18.7. The molecule has 114 valence electrons. The quantitative estimate of drug-likeness (QED) is 0.885. The van der Waals surface area contributed by atoms with Crippen molar-refractivity contribution in [2.45, 2.75) is 39.3 Å². The fourth-order valence-corrected chi connectivity index (χ4v) is 2.51. The largest absolute Gasteiger partial charge is 0.466 e. The predicted molar refractivity (Wildman–Crippen MR) is 80.6 cm³/mol. The van der Waals surface area contributed by atoms with E-state index in [-0.39, 0.29) is 11.9 Å². The molecule has 0 bridgehead atoms. The molecule has 4 heteroatoms. The van der Waals surface area contributed by atoms with Gasteiger partial charge < -0.3 is 14.8 Å². The third kappa shape index (κ3) is 3.71. The number of aryl methyl sites for hydroxylation is 2. The second-order valence-corrected chi connectivity index (χ2v) is 5.76. The van der Waals surface area contributed by atoms with Crippen molar-refractivity contribution < 1.29 is 13.9 Å². The molecular formula is C17H22FNO2. The van der Waals surface area contributed by atoms with Crippen molar-refractivity contribution in [3.8, 4) is 0 Å². The van der Waals surface area contributed by atoms with E-state index in [1.807, 2.05) is 32.9 Å². The number of aliphatic hydroxyl groups is 1. The van der Waals surface area contributed by atoms with Crippen LogP contribution in [0.5, 0.6) is 0 Å². The summed E-state index contributed by atoms with van der Waals surface area (Å²) in [5.74, 6) is 1.24. The fourth-order valence-electron chi connectivity index (χ4n) is 2.51. The Morgan fingerprint density at radius 3 is 2.62 bits per heavy atom. The Labute approximate surface area is 124 Å². The van der Waals surface area contributed by atoms with Crippen molar-refractivity contribution in [2.24, 2.45) is 0 Å². The van der Waals surface area contributed by atoms with Gasteiger partial charge in [-0.15, -0.1) is 0 Å². The maximum absolute atomic E-state index is 13.2. The van der Waals surface area contributed by atoms with Crippen LogP contribution in [-0.2, 0) is 5.60 Å². The molecule has 0 saturated carbocycles. The molecule has 0 spiro atoms. The third-order valence-corrected chi connectivity index (χ3v) is 3.72. The average Bonchev–Trinajstić information content (AvgIpc) is 2.76. The number of rotatable bonds is 5. The summed E-state index contributed by atoms with van der Waals surface area (Å²) in [6, 6.07) is 8.27. The van der Waals surface area contributed by atoms with Crippen LogP contribution < -0.4 is 5.32 Å². The van der Waals surface area contributed by atoms with Crippen LogP contribution in [0.1, 0.15) is 42.5 Å². The Balaban J connectivity index is 2.06. The molecule has 0 aliphatic rings. The molecule has 3 nitrogen and oxygen atoms in total. The van der Waals surface area contributed by atoms with E-state index in [0.29, 0.717) is 6.54 Å². The monoisotopic (exact) mass is 291 g/mol. The zero-order valence-electron chi connectivity index (χ0n) is 12.9. The zero-order chi connectivity index (χ0) is 15.6. The van der Waals surface area contributed by atoms with Crippen LogP contribution in [0.3, 0.4) is 0 Å². The Bertz CT molecular complexity index is 619. The number of hydrogen-bond donors (Lipinski definition) is 2. The first-order valence-corrected chi connectivity index (χ1v) is 7.08. The molecule has 2 N–H and O–H groups in total. The Morgan fingerprint density at radius 2 is 2.05 bits per heavy atom. The van der Waals surface area contributed by atoms with E-state index >= 15 is 0 Å². The highest BCUT2D eigenvalue weighted by atomic mass is 19.1. The molecule has 0 radical (unpaired) electrons. The van der Waals surface area contributed by atoms with Crippen molar-refractivity contribution in [2.75, 3.05) is 6.54 Å². The Kier molecular flexibility index (Phi) is 4.49. The zero-order valence-corrected chi connectivity index (χ0v) is 12.9. The molecule has 0 aliphatic heterocycles. The van der Waals surface area contributed by atoms with Crippen LogP contribution in [0.4, 0.5) is 4.39 Å². The summed E-state index contributed by atoms with van der Waals surface area (Å²) in [7, 11) is 0. The standard InChI is InChI=1S/C17H22FNO2/c1-11-8-16(13(3)21-11)17(4,20)10-19-12(2)14-6-5-7-15(18)9-14/h5-9,12,19-20H,10H2,1-4H3. The van der Waals surface area contributed by atoms with E-state index in [1.165, 1.54) is 12.1 Å². The third-order valence-electron chi connectivity index (χ3n) is 3.72. The molecule has 0 fully saturated rings. The minimum absolute atomic E-state index is 0.0551. The summed E-state index contributed by atoms with van der Waals surface area (Å²) in [5.41, 5.74) is 0.591. The Morgan fingerprint density at radius 1 is 1.33 bits per heavy atom. The highest BCUT2D eigenvalue weighted by Crippen LogP contribution is 2.27. The normalized spacial score (nSPS) is 15.7.